The summed E-state index contributed by atoms with van der Waals surface area (Å²) in [6.45, 7) is 6.60. The van der Waals surface area contributed by atoms with Crippen molar-refractivity contribution in [3.8, 4) is 0 Å². The first-order valence-corrected chi connectivity index (χ1v) is 5.74. The SMILES string of the molecule is CCCCCC(CC)(CC)N=C=S. The molecule has 0 aromatic rings. The van der Waals surface area contributed by atoms with E-state index in [2.05, 4.69) is 30.9 Å². The molecule has 0 atom stereocenters. The molecule has 0 radical (unpaired) electrons. The predicted octanol–water partition coefficient (Wildman–Crippen LogP) is 4.23. The quantitative estimate of drug-likeness (QED) is 0.339. The molecule has 0 aromatic heterocycles. The summed E-state index contributed by atoms with van der Waals surface area (Å²) >= 11 is 4.69. The van der Waals surface area contributed by atoms with Gasteiger partial charge in [-0.25, -0.2) is 4.99 Å². The molecule has 0 unspecified atom stereocenters. The van der Waals surface area contributed by atoms with Gasteiger partial charge in [-0.15, -0.1) is 0 Å². The van der Waals surface area contributed by atoms with Gasteiger partial charge in [-0.1, -0.05) is 40.0 Å². The topological polar surface area (TPSA) is 12.4 Å². The summed E-state index contributed by atoms with van der Waals surface area (Å²) in [5.74, 6) is 0. The Morgan fingerprint density at radius 3 is 2.15 bits per heavy atom. The van der Waals surface area contributed by atoms with E-state index in [9.17, 15) is 0 Å². The number of unbranched alkanes of at least 4 members (excludes halogenated alkanes) is 2. The number of hydrogen-bond donors (Lipinski definition) is 0. The first-order chi connectivity index (χ1) is 6.24. The first kappa shape index (κ1) is 12.8. The van der Waals surface area contributed by atoms with Crippen LogP contribution in [0.25, 0.3) is 0 Å². The van der Waals surface area contributed by atoms with Crippen LogP contribution in [-0.2, 0) is 0 Å². The van der Waals surface area contributed by atoms with Crippen molar-refractivity contribution in [1.29, 1.82) is 0 Å². The summed E-state index contributed by atoms with van der Waals surface area (Å²) < 4.78 is 0. The van der Waals surface area contributed by atoms with Gasteiger partial charge in [0.2, 0.25) is 0 Å². The summed E-state index contributed by atoms with van der Waals surface area (Å²) in [5.41, 5.74) is 0.0942. The molecule has 0 N–H and O–H groups in total. The van der Waals surface area contributed by atoms with E-state index in [0.717, 1.165) is 19.3 Å². The number of aliphatic imine (C=N–C) groups is 1. The van der Waals surface area contributed by atoms with E-state index in [1.807, 2.05) is 0 Å². The highest BCUT2D eigenvalue weighted by Crippen LogP contribution is 2.26. The number of thiocarbonyl (C=S) groups is 1. The van der Waals surface area contributed by atoms with E-state index in [1.54, 1.807) is 0 Å². The highest BCUT2D eigenvalue weighted by Gasteiger charge is 2.23. The van der Waals surface area contributed by atoms with Crippen molar-refractivity contribution in [2.45, 2.75) is 64.8 Å². The molecule has 0 rings (SSSR count). The third kappa shape index (κ3) is 4.54. The lowest BCUT2D eigenvalue weighted by Gasteiger charge is -2.25. The Kier molecular flexibility index (Phi) is 7.12. The van der Waals surface area contributed by atoms with Crippen molar-refractivity contribution in [3.05, 3.63) is 0 Å². The van der Waals surface area contributed by atoms with Crippen LogP contribution >= 0.6 is 12.2 Å². The Balaban J connectivity index is 4.13. The highest BCUT2D eigenvalue weighted by atomic mass is 32.1. The summed E-state index contributed by atoms with van der Waals surface area (Å²) in [5, 5.41) is 2.55. The van der Waals surface area contributed by atoms with Crippen LogP contribution in [-0.4, -0.2) is 10.7 Å². The smallest absolute Gasteiger partial charge is 0.0705 e. The lowest BCUT2D eigenvalue weighted by molar-refractivity contribution is 0.358. The van der Waals surface area contributed by atoms with Crippen LogP contribution in [0, 0.1) is 0 Å². The highest BCUT2D eigenvalue weighted by molar-refractivity contribution is 7.78. The molecule has 0 spiro atoms. The van der Waals surface area contributed by atoms with Gasteiger partial charge in [0.05, 0.1) is 10.7 Å². The van der Waals surface area contributed by atoms with Crippen LogP contribution in [0.15, 0.2) is 4.99 Å². The Morgan fingerprint density at radius 2 is 1.77 bits per heavy atom. The number of nitrogens with zero attached hydrogens (tertiary/aromatic N) is 1. The lowest BCUT2D eigenvalue weighted by Crippen LogP contribution is -2.24. The summed E-state index contributed by atoms with van der Waals surface area (Å²) in [6, 6.07) is 0. The van der Waals surface area contributed by atoms with Crippen LogP contribution < -0.4 is 0 Å². The Morgan fingerprint density at radius 1 is 1.15 bits per heavy atom. The maximum Gasteiger partial charge on any atom is 0.0705 e. The fraction of sp³-hybridized carbons (Fsp3) is 0.909. The molecule has 0 fully saturated rings. The molecule has 0 aliphatic carbocycles. The molecule has 2 heteroatoms. The monoisotopic (exact) mass is 199 g/mol. The molecule has 13 heavy (non-hydrogen) atoms. The number of isothiocyanates is 1. The summed E-state index contributed by atoms with van der Waals surface area (Å²) in [6.07, 6.45) is 7.16. The Labute approximate surface area is 87.6 Å². The zero-order valence-electron chi connectivity index (χ0n) is 9.10. The molecule has 0 aliphatic heterocycles. The van der Waals surface area contributed by atoms with Crippen LogP contribution in [0.2, 0.25) is 0 Å². The molecule has 1 nitrogen and oxygen atoms in total. The van der Waals surface area contributed by atoms with Crippen LogP contribution in [0.5, 0.6) is 0 Å². The zero-order valence-corrected chi connectivity index (χ0v) is 9.91. The maximum atomic E-state index is 4.69. The molecule has 0 saturated carbocycles. The van der Waals surface area contributed by atoms with Crippen LogP contribution in [0.3, 0.4) is 0 Å². The molecule has 0 heterocycles. The fourth-order valence-corrected chi connectivity index (χ4v) is 1.81. The second-order valence-corrected chi connectivity index (χ2v) is 3.77. The van der Waals surface area contributed by atoms with Crippen LogP contribution in [0.4, 0.5) is 0 Å². The third-order valence-corrected chi connectivity index (χ3v) is 2.94. The van der Waals surface area contributed by atoms with E-state index in [1.165, 1.54) is 19.3 Å². The largest absolute Gasteiger partial charge is 0.226 e. The number of rotatable bonds is 7. The van der Waals surface area contributed by atoms with Gasteiger partial charge < -0.3 is 0 Å². The molecule has 0 amide bonds. The zero-order chi connectivity index (χ0) is 10.2. The van der Waals surface area contributed by atoms with Gasteiger partial charge in [-0.2, -0.15) is 0 Å². The predicted molar refractivity (Wildman–Crippen MR) is 62.5 cm³/mol. The summed E-state index contributed by atoms with van der Waals surface area (Å²) in [4.78, 5) is 4.33. The van der Waals surface area contributed by atoms with Crippen molar-refractivity contribution in [2.75, 3.05) is 0 Å². The third-order valence-electron chi connectivity index (χ3n) is 2.84. The number of hydrogen-bond acceptors (Lipinski definition) is 2. The van der Waals surface area contributed by atoms with E-state index in [-0.39, 0.29) is 5.54 Å². The second kappa shape index (κ2) is 7.23. The maximum absolute atomic E-state index is 4.69. The van der Waals surface area contributed by atoms with E-state index in [0.29, 0.717) is 0 Å². The Hall–Kier alpha value is -0.200. The molecular weight excluding hydrogens is 178 g/mol. The van der Waals surface area contributed by atoms with Crippen LogP contribution in [0.1, 0.15) is 59.3 Å². The minimum absolute atomic E-state index is 0.0942. The van der Waals surface area contributed by atoms with Gasteiger partial charge in [0, 0.05) is 0 Å². The molecule has 0 saturated heterocycles. The normalized spacial score (nSPS) is 11.0. The van der Waals surface area contributed by atoms with Crippen molar-refractivity contribution in [2.24, 2.45) is 4.99 Å². The average molecular weight is 199 g/mol. The average Bonchev–Trinajstić information content (AvgIpc) is 2.17. The second-order valence-electron chi connectivity index (χ2n) is 3.59. The van der Waals surface area contributed by atoms with Gasteiger partial charge in [0.1, 0.15) is 0 Å². The fourth-order valence-electron chi connectivity index (χ4n) is 1.62. The van der Waals surface area contributed by atoms with E-state index >= 15 is 0 Å². The van der Waals surface area contributed by atoms with Crippen molar-refractivity contribution in [3.63, 3.8) is 0 Å². The minimum atomic E-state index is 0.0942. The molecule has 0 bridgehead atoms. The van der Waals surface area contributed by atoms with E-state index < -0.39 is 0 Å². The van der Waals surface area contributed by atoms with Gasteiger partial charge in [0.15, 0.2) is 0 Å². The molecule has 0 aliphatic rings. The van der Waals surface area contributed by atoms with E-state index in [4.69, 9.17) is 12.2 Å². The minimum Gasteiger partial charge on any atom is -0.226 e. The van der Waals surface area contributed by atoms with Gasteiger partial charge in [0.25, 0.3) is 0 Å². The van der Waals surface area contributed by atoms with Gasteiger partial charge in [-0.3, -0.25) is 0 Å². The molecular formula is C11H21NS. The molecule has 0 aromatic carbocycles. The molecule has 76 valence electrons. The van der Waals surface area contributed by atoms with Crippen molar-refractivity contribution in [1.82, 2.24) is 0 Å². The summed E-state index contributed by atoms with van der Waals surface area (Å²) in [7, 11) is 0. The van der Waals surface area contributed by atoms with Crippen molar-refractivity contribution >= 4 is 17.4 Å². The Bertz CT molecular complexity index is 167. The lowest BCUT2D eigenvalue weighted by atomic mass is 9.87. The van der Waals surface area contributed by atoms with Gasteiger partial charge >= 0.3 is 0 Å². The van der Waals surface area contributed by atoms with Gasteiger partial charge in [-0.05, 0) is 31.5 Å². The first-order valence-electron chi connectivity index (χ1n) is 5.33. The standard InChI is InChI=1S/C11H21NS/c1-4-7-8-9-11(5-2,6-3)12-10-13/h4-9H2,1-3H3. The van der Waals surface area contributed by atoms with Crippen molar-refractivity contribution < 1.29 is 0 Å².